The fourth-order valence-electron chi connectivity index (χ4n) is 2.51. The first-order valence-electron chi connectivity index (χ1n) is 8.90. The number of furan rings is 1. The van der Waals surface area contributed by atoms with E-state index in [9.17, 15) is 18.0 Å². The lowest BCUT2D eigenvalue weighted by atomic mass is 10.2. The number of esters is 1. The number of nitrogens with zero attached hydrogens (tertiary/aromatic N) is 1. The lowest BCUT2D eigenvalue weighted by Crippen LogP contribution is -2.35. The minimum absolute atomic E-state index is 0.000531. The highest BCUT2D eigenvalue weighted by atomic mass is 32.2. The molecule has 28 heavy (non-hydrogen) atoms. The summed E-state index contributed by atoms with van der Waals surface area (Å²) in [4.78, 5) is 24.4. The topological polar surface area (TPSA) is 106 Å². The van der Waals surface area contributed by atoms with Crippen LogP contribution in [0.15, 0.2) is 52.0 Å². The average molecular weight is 408 g/mol. The van der Waals surface area contributed by atoms with E-state index in [0.717, 1.165) is 0 Å². The standard InChI is InChI=1S/C19H24N2O6S/c1-4-21(5-2)28(24,25)17-10-6-8-15(12-17)19(23)27-14(3)18(22)20-13-16-9-7-11-26-16/h6-12,14H,4-5,13H2,1-3H3,(H,20,22)/t14-/m0/s1. The first-order chi connectivity index (χ1) is 13.3. The number of sulfonamides is 1. The molecule has 2 aromatic rings. The summed E-state index contributed by atoms with van der Waals surface area (Å²) in [5.41, 5.74) is 0.0546. The van der Waals surface area contributed by atoms with Gasteiger partial charge in [0, 0.05) is 13.1 Å². The number of rotatable bonds is 9. The molecule has 1 aromatic carbocycles. The molecule has 0 unspecified atom stereocenters. The van der Waals surface area contributed by atoms with Crippen LogP contribution in [0.4, 0.5) is 0 Å². The molecule has 0 bridgehead atoms. The lowest BCUT2D eigenvalue weighted by molar-refractivity contribution is -0.129. The highest BCUT2D eigenvalue weighted by molar-refractivity contribution is 7.89. The third kappa shape index (κ3) is 5.20. The first kappa shape index (κ1) is 21.6. The van der Waals surface area contributed by atoms with E-state index >= 15 is 0 Å². The van der Waals surface area contributed by atoms with Gasteiger partial charge in [0.1, 0.15) is 5.76 Å². The molecule has 0 saturated heterocycles. The zero-order valence-corrected chi connectivity index (χ0v) is 16.9. The number of hydrogen-bond acceptors (Lipinski definition) is 6. The number of carbonyl (C=O) groups is 2. The number of hydrogen-bond donors (Lipinski definition) is 1. The van der Waals surface area contributed by atoms with Crippen molar-refractivity contribution in [3.63, 3.8) is 0 Å². The van der Waals surface area contributed by atoms with Crippen molar-refractivity contribution in [2.75, 3.05) is 13.1 Å². The predicted molar refractivity (Wildman–Crippen MR) is 102 cm³/mol. The second-order valence-corrected chi connectivity index (χ2v) is 7.90. The Morgan fingerprint density at radius 2 is 1.89 bits per heavy atom. The zero-order chi connectivity index (χ0) is 20.7. The van der Waals surface area contributed by atoms with Gasteiger partial charge in [-0.05, 0) is 37.3 Å². The van der Waals surface area contributed by atoms with Crippen molar-refractivity contribution in [3.8, 4) is 0 Å². The monoisotopic (exact) mass is 408 g/mol. The molecule has 2 rings (SSSR count). The Morgan fingerprint density at radius 1 is 1.18 bits per heavy atom. The normalized spacial score (nSPS) is 12.6. The summed E-state index contributed by atoms with van der Waals surface area (Å²) in [5.74, 6) is -0.699. The fraction of sp³-hybridized carbons (Fsp3) is 0.368. The molecule has 0 aliphatic carbocycles. The Bertz CT molecular complexity index is 904. The van der Waals surface area contributed by atoms with Crippen LogP contribution < -0.4 is 5.32 Å². The van der Waals surface area contributed by atoms with E-state index in [1.54, 1.807) is 26.0 Å². The molecular weight excluding hydrogens is 384 g/mol. The van der Waals surface area contributed by atoms with E-state index in [-0.39, 0.29) is 17.0 Å². The van der Waals surface area contributed by atoms with Crippen molar-refractivity contribution in [1.82, 2.24) is 9.62 Å². The molecule has 152 valence electrons. The highest BCUT2D eigenvalue weighted by Gasteiger charge is 2.24. The molecule has 1 N–H and O–H groups in total. The third-order valence-electron chi connectivity index (χ3n) is 4.08. The Kier molecular flexibility index (Phi) is 7.36. The lowest BCUT2D eigenvalue weighted by Gasteiger charge is -2.19. The predicted octanol–water partition coefficient (Wildman–Crippen LogP) is 2.17. The summed E-state index contributed by atoms with van der Waals surface area (Å²) in [5, 5.41) is 2.59. The Labute approximate surface area is 164 Å². The third-order valence-corrected chi connectivity index (χ3v) is 6.13. The Balaban J connectivity index is 2.05. The minimum Gasteiger partial charge on any atom is -0.467 e. The summed E-state index contributed by atoms with van der Waals surface area (Å²) in [6, 6.07) is 8.99. The maximum Gasteiger partial charge on any atom is 0.338 e. The molecule has 0 fully saturated rings. The molecule has 9 heteroatoms. The summed E-state index contributed by atoms with van der Waals surface area (Å²) < 4.78 is 36.8. The smallest absolute Gasteiger partial charge is 0.338 e. The van der Waals surface area contributed by atoms with E-state index in [2.05, 4.69) is 5.32 Å². The summed E-state index contributed by atoms with van der Waals surface area (Å²) in [7, 11) is -3.70. The van der Waals surface area contributed by atoms with Crippen molar-refractivity contribution in [2.45, 2.75) is 38.3 Å². The van der Waals surface area contributed by atoms with Crippen LogP contribution >= 0.6 is 0 Å². The van der Waals surface area contributed by atoms with E-state index in [1.165, 1.54) is 41.8 Å². The SMILES string of the molecule is CCN(CC)S(=O)(=O)c1cccc(C(=O)O[C@@H](C)C(=O)NCc2ccco2)c1. The number of amides is 1. The van der Waals surface area contributed by atoms with Crippen LogP contribution in [0.25, 0.3) is 0 Å². The van der Waals surface area contributed by atoms with E-state index in [4.69, 9.17) is 9.15 Å². The molecule has 0 spiro atoms. The molecule has 0 saturated carbocycles. The van der Waals surface area contributed by atoms with Crippen LogP contribution in [0, 0.1) is 0 Å². The van der Waals surface area contributed by atoms with Gasteiger partial charge in [0.15, 0.2) is 6.10 Å². The number of nitrogens with one attached hydrogen (secondary N) is 1. The van der Waals surface area contributed by atoms with Gasteiger partial charge in [-0.15, -0.1) is 0 Å². The molecule has 0 aliphatic rings. The van der Waals surface area contributed by atoms with Crippen LogP contribution in [0.3, 0.4) is 0 Å². The molecule has 1 aromatic heterocycles. The van der Waals surface area contributed by atoms with Crippen LogP contribution in [0.5, 0.6) is 0 Å². The summed E-state index contributed by atoms with van der Waals surface area (Å²) in [6.07, 6.45) is 0.440. The molecule has 0 radical (unpaired) electrons. The quantitative estimate of drug-likeness (QED) is 0.638. The summed E-state index contributed by atoms with van der Waals surface area (Å²) >= 11 is 0. The second kappa shape index (κ2) is 9.52. The van der Waals surface area contributed by atoms with Gasteiger partial charge in [-0.2, -0.15) is 4.31 Å². The second-order valence-electron chi connectivity index (χ2n) is 5.96. The van der Waals surface area contributed by atoms with Gasteiger partial charge in [0.05, 0.1) is 23.3 Å². The minimum atomic E-state index is -3.70. The number of carbonyl (C=O) groups excluding carboxylic acids is 2. The summed E-state index contributed by atoms with van der Waals surface area (Å²) in [6.45, 7) is 5.72. The van der Waals surface area contributed by atoms with Crippen molar-refractivity contribution in [1.29, 1.82) is 0 Å². The van der Waals surface area contributed by atoms with Crippen LogP contribution in [0.2, 0.25) is 0 Å². The molecule has 1 atom stereocenters. The number of benzene rings is 1. The van der Waals surface area contributed by atoms with Crippen molar-refractivity contribution in [3.05, 3.63) is 54.0 Å². The van der Waals surface area contributed by atoms with Gasteiger partial charge in [0.25, 0.3) is 5.91 Å². The Hall–Kier alpha value is -2.65. The first-order valence-corrected chi connectivity index (χ1v) is 10.3. The van der Waals surface area contributed by atoms with Gasteiger partial charge in [0.2, 0.25) is 10.0 Å². The molecule has 0 aliphatic heterocycles. The zero-order valence-electron chi connectivity index (χ0n) is 16.0. The van der Waals surface area contributed by atoms with E-state index in [1.807, 2.05) is 0 Å². The number of ether oxygens (including phenoxy) is 1. The largest absolute Gasteiger partial charge is 0.467 e. The van der Waals surface area contributed by atoms with Crippen molar-refractivity contribution >= 4 is 21.9 Å². The Morgan fingerprint density at radius 3 is 2.50 bits per heavy atom. The van der Waals surface area contributed by atoms with Gasteiger partial charge in [-0.3, -0.25) is 4.79 Å². The van der Waals surface area contributed by atoms with Crippen LogP contribution in [0.1, 0.15) is 36.9 Å². The van der Waals surface area contributed by atoms with Crippen molar-refractivity contribution in [2.24, 2.45) is 0 Å². The highest BCUT2D eigenvalue weighted by Crippen LogP contribution is 2.18. The fourth-order valence-corrected chi connectivity index (χ4v) is 4.01. The molecule has 8 nitrogen and oxygen atoms in total. The molecule has 1 heterocycles. The van der Waals surface area contributed by atoms with Gasteiger partial charge in [-0.25, -0.2) is 13.2 Å². The maximum atomic E-state index is 12.6. The van der Waals surface area contributed by atoms with Gasteiger partial charge >= 0.3 is 5.97 Å². The van der Waals surface area contributed by atoms with Crippen LogP contribution in [-0.2, 0) is 26.1 Å². The van der Waals surface area contributed by atoms with E-state index in [0.29, 0.717) is 18.8 Å². The molecule has 1 amide bonds. The van der Waals surface area contributed by atoms with E-state index < -0.39 is 28.0 Å². The van der Waals surface area contributed by atoms with Gasteiger partial charge < -0.3 is 14.5 Å². The van der Waals surface area contributed by atoms with Crippen LogP contribution in [-0.4, -0.2) is 43.8 Å². The average Bonchev–Trinajstić information content (AvgIpc) is 3.20. The van der Waals surface area contributed by atoms with Gasteiger partial charge in [-0.1, -0.05) is 19.9 Å². The van der Waals surface area contributed by atoms with Crippen molar-refractivity contribution < 1.29 is 27.2 Å². The molecular formula is C19H24N2O6S. The maximum absolute atomic E-state index is 12.6.